The van der Waals surface area contributed by atoms with Crippen molar-refractivity contribution >= 4 is 0 Å². The molecule has 0 fully saturated rings. The molecule has 0 aliphatic carbocycles. The van der Waals surface area contributed by atoms with Crippen LogP contribution in [0.1, 0.15) is 32.4 Å². The number of aromatic nitrogens is 1. The van der Waals surface area contributed by atoms with Crippen molar-refractivity contribution in [2.45, 2.75) is 39.3 Å². The first-order chi connectivity index (χ1) is 7.01. The summed E-state index contributed by atoms with van der Waals surface area (Å²) in [6.07, 6.45) is 2.52. The third kappa shape index (κ3) is 4.95. The molecule has 0 atom stereocenters. The molecule has 1 aromatic heterocycles. The summed E-state index contributed by atoms with van der Waals surface area (Å²) in [5.74, 6) is 1.54. The van der Waals surface area contributed by atoms with Gasteiger partial charge in [-0.05, 0) is 20.8 Å². The summed E-state index contributed by atoms with van der Waals surface area (Å²) in [5, 5.41) is 3.38. The quantitative estimate of drug-likeness (QED) is 0.807. The van der Waals surface area contributed by atoms with E-state index in [4.69, 9.17) is 9.15 Å². The van der Waals surface area contributed by atoms with Crippen molar-refractivity contribution in [2.75, 3.05) is 13.7 Å². The lowest BCUT2D eigenvalue weighted by Gasteiger charge is -2.19. The van der Waals surface area contributed by atoms with Crippen LogP contribution in [0.4, 0.5) is 0 Å². The first-order valence-electron chi connectivity index (χ1n) is 5.19. The molecule has 86 valence electrons. The highest BCUT2D eigenvalue weighted by atomic mass is 16.5. The van der Waals surface area contributed by atoms with Crippen LogP contribution in [0.3, 0.4) is 0 Å². The summed E-state index contributed by atoms with van der Waals surface area (Å²) < 4.78 is 10.4. The van der Waals surface area contributed by atoms with Gasteiger partial charge in [0.15, 0.2) is 5.89 Å². The Labute approximate surface area is 91.0 Å². The Morgan fingerprint density at radius 3 is 2.80 bits per heavy atom. The van der Waals surface area contributed by atoms with Crippen LogP contribution >= 0.6 is 0 Å². The van der Waals surface area contributed by atoms with E-state index in [1.165, 1.54) is 0 Å². The minimum Gasteiger partial charge on any atom is -0.443 e. The summed E-state index contributed by atoms with van der Waals surface area (Å²) in [6, 6.07) is 0. The molecule has 15 heavy (non-hydrogen) atoms. The lowest BCUT2D eigenvalue weighted by molar-refractivity contribution is 0.162. The molecule has 0 saturated carbocycles. The largest absolute Gasteiger partial charge is 0.443 e. The number of rotatable bonds is 5. The van der Waals surface area contributed by atoms with Gasteiger partial charge in [-0.2, -0.15) is 0 Å². The molecule has 0 bridgehead atoms. The number of nitrogens with one attached hydrogen (secondary N) is 1. The van der Waals surface area contributed by atoms with Crippen molar-refractivity contribution in [3.05, 3.63) is 17.8 Å². The normalized spacial score (nSPS) is 12.0. The van der Waals surface area contributed by atoms with Gasteiger partial charge in [-0.25, -0.2) is 4.98 Å². The van der Waals surface area contributed by atoms with E-state index >= 15 is 0 Å². The highest BCUT2D eigenvalue weighted by Crippen LogP contribution is 2.05. The molecule has 1 N–H and O–H groups in total. The summed E-state index contributed by atoms with van der Waals surface area (Å²) in [5.41, 5.74) is 0.141. The Bertz CT molecular complexity index is 289. The second-order valence-corrected chi connectivity index (χ2v) is 4.58. The lowest BCUT2D eigenvalue weighted by atomic mass is 10.1. The van der Waals surface area contributed by atoms with Crippen molar-refractivity contribution in [3.63, 3.8) is 0 Å². The highest BCUT2D eigenvalue weighted by Gasteiger charge is 2.09. The zero-order chi connectivity index (χ0) is 11.3. The fourth-order valence-corrected chi connectivity index (χ4v) is 1.22. The lowest BCUT2D eigenvalue weighted by Crippen LogP contribution is -2.37. The number of oxazole rings is 1. The van der Waals surface area contributed by atoms with Gasteiger partial charge in [0.05, 0.1) is 6.20 Å². The van der Waals surface area contributed by atoms with Crippen LogP contribution in [0.2, 0.25) is 0 Å². The van der Waals surface area contributed by atoms with E-state index in [2.05, 4.69) is 31.1 Å². The number of hydrogen-bond acceptors (Lipinski definition) is 4. The SMILES string of the molecule is COCc1cnc(CCNC(C)(C)C)o1. The Morgan fingerprint density at radius 2 is 2.20 bits per heavy atom. The minimum absolute atomic E-state index is 0.141. The van der Waals surface area contributed by atoms with Gasteiger partial charge in [-0.15, -0.1) is 0 Å². The highest BCUT2D eigenvalue weighted by molar-refractivity contribution is 4.93. The van der Waals surface area contributed by atoms with Gasteiger partial charge in [0.2, 0.25) is 0 Å². The number of methoxy groups -OCH3 is 1. The minimum atomic E-state index is 0.141. The van der Waals surface area contributed by atoms with Gasteiger partial charge in [0.1, 0.15) is 12.4 Å². The molecular weight excluding hydrogens is 192 g/mol. The van der Waals surface area contributed by atoms with Crippen LogP contribution in [0.15, 0.2) is 10.6 Å². The third-order valence-corrected chi connectivity index (χ3v) is 1.88. The third-order valence-electron chi connectivity index (χ3n) is 1.88. The number of ether oxygens (including phenoxy) is 1. The molecule has 0 aliphatic heterocycles. The molecule has 1 rings (SSSR count). The average molecular weight is 212 g/mol. The standard InChI is InChI=1S/C11H20N2O2/c1-11(2,3)13-6-5-10-12-7-9(15-10)8-14-4/h7,13H,5-6,8H2,1-4H3. The Morgan fingerprint density at radius 1 is 1.47 bits per heavy atom. The fraction of sp³-hybridized carbons (Fsp3) is 0.727. The topological polar surface area (TPSA) is 47.3 Å². The van der Waals surface area contributed by atoms with Crippen LogP contribution in [0, 0.1) is 0 Å². The van der Waals surface area contributed by atoms with Gasteiger partial charge < -0.3 is 14.5 Å². The maximum atomic E-state index is 5.46. The monoisotopic (exact) mass is 212 g/mol. The smallest absolute Gasteiger partial charge is 0.195 e. The molecule has 4 heteroatoms. The molecule has 0 amide bonds. The fourth-order valence-electron chi connectivity index (χ4n) is 1.22. The molecule has 1 heterocycles. The molecular formula is C11H20N2O2. The van der Waals surface area contributed by atoms with Crippen LogP contribution in [-0.4, -0.2) is 24.2 Å². The first-order valence-corrected chi connectivity index (χ1v) is 5.19. The summed E-state index contributed by atoms with van der Waals surface area (Å²) in [6.45, 7) is 7.77. The molecule has 0 aliphatic rings. The van der Waals surface area contributed by atoms with Gasteiger partial charge in [0.25, 0.3) is 0 Å². The second-order valence-electron chi connectivity index (χ2n) is 4.58. The second kappa shape index (κ2) is 5.28. The molecule has 1 aromatic rings. The van der Waals surface area contributed by atoms with E-state index in [1.54, 1.807) is 13.3 Å². The molecule has 0 aromatic carbocycles. The van der Waals surface area contributed by atoms with Crippen molar-refractivity contribution in [1.29, 1.82) is 0 Å². The zero-order valence-corrected chi connectivity index (χ0v) is 9.96. The zero-order valence-electron chi connectivity index (χ0n) is 9.96. The van der Waals surface area contributed by atoms with Gasteiger partial charge in [-0.1, -0.05) is 0 Å². The molecule has 0 saturated heterocycles. The van der Waals surface area contributed by atoms with Gasteiger partial charge >= 0.3 is 0 Å². The van der Waals surface area contributed by atoms with Crippen LogP contribution in [-0.2, 0) is 17.8 Å². The Hall–Kier alpha value is -0.870. The molecule has 0 unspecified atom stereocenters. The predicted molar refractivity (Wildman–Crippen MR) is 58.7 cm³/mol. The number of nitrogens with zero attached hydrogens (tertiary/aromatic N) is 1. The summed E-state index contributed by atoms with van der Waals surface area (Å²) in [4.78, 5) is 4.17. The number of hydrogen-bond donors (Lipinski definition) is 1. The van der Waals surface area contributed by atoms with Crippen molar-refractivity contribution in [2.24, 2.45) is 0 Å². The molecule has 0 radical (unpaired) electrons. The first kappa shape index (κ1) is 12.2. The Kier molecular flexibility index (Phi) is 4.29. The van der Waals surface area contributed by atoms with Gasteiger partial charge in [-0.3, -0.25) is 0 Å². The molecule has 4 nitrogen and oxygen atoms in total. The van der Waals surface area contributed by atoms with E-state index in [1.807, 2.05) is 0 Å². The van der Waals surface area contributed by atoms with Crippen molar-refractivity contribution < 1.29 is 9.15 Å². The van der Waals surface area contributed by atoms with Crippen molar-refractivity contribution in [3.8, 4) is 0 Å². The Balaban J connectivity index is 2.31. The van der Waals surface area contributed by atoms with E-state index in [0.29, 0.717) is 6.61 Å². The molecule has 0 spiro atoms. The maximum absolute atomic E-state index is 5.46. The van der Waals surface area contributed by atoms with Gasteiger partial charge in [0, 0.05) is 25.6 Å². The van der Waals surface area contributed by atoms with Crippen molar-refractivity contribution in [1.82, 2.24) is 10.3 Å². The predicted octanol–water partition coefficient (Wildman–Crippen LogP) is 1.75. The van der Waals surface area contributed by atoms with E-state index in [0.717, 1.165) is 24.6 Å². The summed E-state index contributed by atoms with van der Waals surface area (Å²) in [7, 11) is 1.64. The van der Waals surface area contributed by atoms with Crippen LogP contribution < -0.4 is 5.32 Å². The van der Waals surface area contributed by atoms with Crippen LogP contribution in [0.25, 0.3) is 0 Å². The van der Waals surface area contributed by atoms with E-state index in [-0.39, 0.29) is 5.54 Å². The maximum Gasteiger partial charge on any atom is 0.195 e. The average Bonchev–Trinajstić information content (AvgIpc) is 2.51. The van der Waals surface area contributed by atoms with E-state index < -0.39 is 0 Å². The summed E-state index contributed by atoms with van der Waals surface area (Å²) >= 11 is 0. The van der Waals surface area contributed by atoms with Crippen LogP contribution in [0.5, 0.6) is 0 Å². The van der Waals surface area contributed by atoms with E-state index in [9.17, 15) is 0 Å².